The Labute approximate surface area is 122 Å². The topological polar surface area (TPSA) is 52.6 Å². The van der Waals surface area contributed by atoms with Gasteiger partial charge >= 0.3 is 5.97 Å². The lowest BCUT2D eigenvalue weighted by atomic mass is 9.77. The minimum absolute atomic E-state index is 0.439. The van der Waals surface area contributed by atoms with E-state index >= 15 is 0 Å². The van der Waals surface area contributed by atoms with Gasteiger partial charge in [-0.2, -0.15) is 0 Å². The van der Waals surface area contributed by atoms with E-state index < -0.39 is 11.5 Å². The van der Waals surface area contributed by atoms with Crippen LogP contribution in [0.4, 0.5) is 0 Å². The summed E-state index contributed by atoms with van der Waals surface area (Å²) in [5.41, 5.74) is -0.691. The Morgan fingerprint density at radius 2 is 2.10 bits per heavy atom. The van der Waals surface area contributed by atoms with Gasteiger partial charge < -0.3 is 15.3 Å². The van der Waals surface area contributed by atoms with E-state index in [2.05, 4.69) is 24.1 Å². The second-order valence-corrected chi connectivity index (χ2v) is 6.91. The van der Waals surface area contributed by atoms with E-state index in [0.717, 1.165) is 57.2 Å². The molecule has 2 fully saturated rings. The minimum atomic E-state index is -0.691. The average molecular weight is 282 g/mol. The normalized spacial score (nSPS) is 39.6. The molecule has 4 heteroatoms. The van der Waals surface area contributed by atoms with E-state index in [0.29, 0.717) is 6.04 Å². The summed E-state index contributed by atoms with van der Waals surface area (Å²) in [5, 5.41) is 12.9. The zero-order chi connectivity index (χ0) is 14.8. The van der Waals surface area contributed by atoms with Gasteiger partial charge in [-0.25, -0.2) is 0 Å². The van der Waals surface area contributed by atoms with E-state index in [4.69, 9.17) is 0 Å². The number of nitrogens with one attached hydrogen (secondary N) is 1. The van der Waals surface area contributed by atoms with Crippen molar-refractivity contribution in [1.82, 2.24) is 10.2 Å². The molecule has 0 amide bonds. The number of rotatable bonds is 4. The molecular weight excluding hydrogens is 252 g/mol. The number of hydrogen-bond donors (Lipinski definition) is 2. The Bertz CT molecular complexity index is 343. The largest absolute Gasteiger partial charge is 0.480 e. The third-order valence-electron chi connectivity index (χ3n) is 5.53. The quantitative estimate of drug-likeness (QED) is 0.831. The Balaban J connectivity index is 2.04. The second-order valence-electron chi connectivity index (χ2n) is 6.91. The van der Waals surface area contributed by atoms with Gasteiger partial charge in [0.2, 0.25) is 0 Å². The SMILES string of the molecule is CCNC1(C(=O)O)CCCC(N2CCC(C)C(C)C2)C1. The second kappa shape index (κ2) is 6.44. The molecule has 0 spiro atoms. The highest BCUT2D eigenvalue weighted by Crippen LogP contribution is 2.34. The number of carboxylic acid groups (broad SMARTS) is 1. The number of aliphatic carboxylic acids is 1. The highest BCUT2D eigenvalue weighted by Gasteiger charge is 2.44. The van der Waals surface area contributed by atoms with Crippen molar-refractivity contribution >= 4 is 5.97 Å². The van der Waals surface area contributed by atoms with Crippen LogP contribution in [0.5, 0.6) is 0 Å². The molecule has 1 heterocycles. The molecule has 1 saturated carbocycles. The third-order valence-corrected chi connectivity index (χ3v) is 5.53. The monoisotopic (exact) mass is 282 g/mol. The predicted molar refractivity (Wildman–Crippen MR) is 80.8 cm³/mol. The molecule has 1 saturated heterocycles. The molecule has 1 aliphatic heterocycles. The van der Waals surface area contributed by atoms with Crippen molar-refractivity contribution in [1.29, 1.82) is 0 Å². The highest BCUT2D eigenvalue weighted by atomic mass is 16.4. The van der Waals surface area contributed by atoms with Crippen molar-refractivity contribution in [3.63, 3.8) is 0 Å². The van der Waals surface area contributed by atoms with Gasteiger partial charge in [0.25, 0.3) is 0 Å². The average Bonchev–Trinajstić information content (AvgIpc) is 2.42. The van der Waals surface area contributed by atoms with Gasteiger partial charge in [-0.15, -0.1) is 0 Å². The molecule has 2 aliphatic rings. The number of likely N-dealkylation sites (N-methyl/N-ethyl adjacent to an activating group) is 1. The van der Waals surface area contributed by atoms with Gasteiger partial charge in [0.1, 0.15) is 5.54 Å². The summed E-state index contributed by atoms with van der Waals surface area (Å²) in [6, 6.07) is 0.439. The van der Waals surface area contributed by atoms with Crippen LogP contribution in [-0.4, -0.2) is 47.2 Å². The van der Waals surface area contributed by atoms with Crippen molar-refractivity contribution in [2.45, 2.75) is 64.5 Å². The number of hydrogen-bond acceptors (Lipinski definition) is 3. The first-order chi connectivity index (χ1) is 9.48. The van der Waals surface area contributed by atoms with E-state index in [1.54, 1.807) is 0 Å². The van der Waals surface area contributed by atoms with Crippen molar-refractivity contribution in [2.75, 3.05) is 19.6 Å². The fourth-order valence-corrected chi connectivity index (χ4v) is 3.95. The molecule has 2 rings (SSSR count). The van der Waals surface area contributed by atoms with Crippen molar-refractivity contribution in [3.05, 3.63) is 0 Å². The molecule has 0 radical (unpaired) electrons. The number of nitrogens with zero attached hydrogens (tertiary/aromatic N) is 1. The van der Waals surface area contributed by atoms with E-state index in [9.17, 15) is 9.90 Å². The molecule has 4 nitrogen and oxygen atoms in total. The van der Waals surface area contributed by atoms with Gasteiger partial charge in [-0.3, -0.25) is 4.79 Å². The minimum Gasteiger partial charge on any atom is -0.480 e. The molecular formula is C16H30N2O2. The van der Waals surface area contributed by atoms with Crippen LogP contribution >= 0.6 is 0 Å². The number of piperidine rings is 1. The van der Waals surface area contributed by atoms with E-state index in [1.807, 2.05) is 6.92 Å². The Kier molecular flexibility index (Phi) is 5.08. The summed E-state index contributed by atoms with van der Waals surface area (Å²) in [4.78, 5) is 14.3. The van der Waals surface area contributed by atoms with E-state index in [1.165, 1.54) is 6.42 Å². The summed E-state index contributed by atoms with van der Waals surface area (Å²) in [6.45, 7) is 9.66. The summed E-state index contributed by atoms with van der Waals surface area (Å²) in [6.07, 6.45) is 4.95. The van der Waals surface area contributed by atoms with Gasteiger partial charge in [0.15, 0.2) is 0 Å². The fraction of sp³-hybridized carbons (Fsp3) is 0.938. The zero-order valence-electron chi connectivity index (χ0n) is 13.2. The molecule has 0 bridgehead atoms. The first kappa shape index (κ1) is 15.8. The zero-order valence-corrected chi connectivity index (χ0v) is 13.2. The lowest BCUT2D eigenvalue weighted by Gasteiger charge is -2.46. The Morgan fingerprint density at radius 1 is 1.35 bits per heavy atom. The lowest BCUT2D eigenvalue weighted by Crippen LogP contribution is -2.59. The van der Waals surface area contributed by atoms with Crippen molar-refractivity contribution < 1.29 is 9.90 Å². The van der Waals surface area contributed by atoms with Crippen LogP contribution in [0.25, 0.3) is 0 Å². The highest BCUT2D eigenvalue weighted by molar-refractivity contribution is 5.79. The molecule has 4 unspecified atom stereocenters. The Hall–Kier alpha value is -0.610. The summed E-state index contributed by atoms with van der Waals surface area (Å²) in [5.74, 6) is 0.861. The van der Waals surface area contributed by atoms with Gasteiger partial charge in [0, 0.05) is 12.6 Å². The number of carboxylic acids is 1. The van der Waals surface area contributed by atoms with Crippen molar-refractivity contribution in [3.8, 4) is 0 Å². The summed E-state index contributed by atoms with van der Waals surface area (Å²) >= 11 is 0. The van der Waals surface area contributed by atoms with E-state index in [-0.39, 0.29) is 0 Å². The molecule has 0 aromatic heterocycles. The van der Waals surface area contributed by atoms with Crippen LogP contribution in [0.3, 0.4) is 0 Å². The van der Waals surface area contributed by atoms with Crippen LogP contribution in [0.1, 0.15) is 52.9 Å². The van der Waals surface area contributed by atoms with Crippen LogP contribution in [0.15, 0.2) is 0 Å². The van der Waals surface area contributed by atoms with Crippen LogP contribution in [-0.2, 0) is 4.79 Å². The standard InChI is InChI=1S/C16H30N2O2/c1-4-17-16(15(19)20)8-5-6-14(10-16)18-9-7-12(2)13(3)11-18/h12-14,17H,4-11H2,1-3H3,(H,19,20). The molecule has 0 aromatic rings. The molecule has 0 aromatic carbocycles. The maximum Gasteiger partial charge on any atom is 0.323 e. The molecule has 1 aliphatic carbocycles. The smallest absolute Gasteiger partial charge is 0.323 e. The Morgan fingerprint density at radius 3 is 2.70 bits per heavy atom. The molecule has 116 valence electrons. The number of likely N-dealkylation sites (tertiary alicyclic amines) is 1. The maximum atomic E-state index is 11.7. The maximum absolute atomic E-state index is 11.7. The predicted octanol–water partition coefficient (Wildman–Crippen LogP) is 2.34. The first-order valence-electron chi connectivity index (χ1n) is 8.21. The lowest BCUT2D eigenvalue weighted by molar-refractivity contribution is -0.147. The molecule has 20 heavy (non-hydrogen) atoms. The van der Waals surface area contributed by atoms with Crippen molar-refractivity contribution in [2.24, 2.45) is 11.8 Å². The van der Waals surface area contributed by atoms with Crippen LogP contribution in [0.2, 0.25) is 0 Å². The van der Waals surface area contributed by atoms with Crippen LogP contribution in [0, 0.1) is 11.8 Å². The molecule has 2 N–H and O–H groups in total. The first-order valence-corrected chi connectivity index (χ1v) is 8.21. The number of carbonyl (C=O) groups is 1. The third kappa shape index (κ3) is 3.17. The molecule has 4 atom stereocenters. The van der Waals surface area contributed by atoms with Crippen LogP contribution < -0.4 is 5.32 Å². The summed E-state index contributed by atoms with van der Waals surface area (Å²) in [7, 11) is 0. The van der Waals surface area contributed by atoms with Gasteiger partial charge in [0.05, 0.1) is 0 Å². The van der Waals surface area contributed by atoms with Gasteiger partial charge in [-0.1, -0.05) is 20.8 Å². The summed E-state index contributed by atoms with van der Waals surface area (Å²) < 4.78 is 0. The van der Waals surface area contributed by atoms with Gasteiger partial charge in [-0.05, 0) is 57.0 Å². The fourth-order valence-electron chi connectivity index (χ4n) is 3.95.